The molecule has 5 heteroatoms. The van der Waals surface area contributed by atoms with Crippen molar-refractivity contribution in [3.05, 3.63) is 29.6 Å². The molecule has 0 bridgehead atoms. The monoisotopic (exact) mass is 266 g/mol. The van der Waals surface area contributed by atoms with Crippen LogP contribution in [-0.2, 0) is 11.3 Å². The fraction of sp³-hybridized carbons (Fsp3) is 0.500. The third-order valence-corrected chi connectivity index (χ3v) is 3.33. The summed E-state index contributed by atoms with van der Waals surface area (Å²) in [5.74, 6) is -0.108. The molecule has 4 nitrogen and oxygen atoms in total. The quantitative estimate of drug-likeness (QED) is 0.902. The second-order valence-electron chi connectivity index (χ2n) is 4.76. The molecule has 0 saturated carbocycles. The van der Waals surface area contributed by atoms with Crippen LogP contribution < -0.4 is 10.1 Å². The van der Waals surface area contributed by atoms with E-state index >= 15 is 0 Å². The summed E-state index contributed by atoms with van der Waals surface area (Å²) in [6, 6.07) is 4.63. The highest BCUT2D eigenvalue weighted by molar-refractivity contribution is 5.81. The largest absolute Gasteiger partial charge is 0.494 e. The third-order valence-electron chi connectivity index (χ3n) is 3.33. The first kappa shape index (κ1) is 13.8. The Hall–Kier alpha value is -1.62. The number of rotatable bonds is 3. The molecule has 1 saturated heterocycles. The fourth-order valence-corrected chi connectivity index (χ4v) is 2.25. The van der Waals surface area contributed by atoms with Crippen LogP contribution in [0.1, 0.15) is 18.9 Å². The van der Waals surface area contributed by atoms with Crippen LogP contribution in [0, 0.1) is 5.82 Å². The molecular weight excluding hydrogens is 247 g/mol. The van der Waals surface area contributed by atoms with Gasteiger partial charge in [0.2, 0.25) is 5.91 Å². The van der Waals surface area contributed by atoms with E-state index < -0.39 is 5.82 Å². The topological polar surface area (TPSA) is 41.6 Å². The summed E-state index contributed by atoms with van der Waals surface area (Å²) >= 11 is 0. The zero-order valence-electron chi connectivity index (χ0n) is 11.3. The smallest absolute Gasteiger partial charge is 0.239 e. The van der Waals surface area contributed by atoms with Crippen molar-refractivity contribution in [2.24, 2.45) is 0 Å². The fourth-order valence-electron chi connectivity index (χ4n) is 2.25. The van der Waals surface area contributed by atoms with Crippen molar-refractivity contribution in [1.29, 1.82) is 0 Å². The Labute approximate surface area is 112 Å². The number of methoxy groups -OCH3 is 1. The minimum atomic E-state index is -0.395. The summed E-state index contributed by atoms with van der Waals surface area (Å²) in [6.45, 7) is 3.82. The van der Waals surface area contributed by atoms with E-state index in [-0.39, 0.29) is 17.7 Å². The van der Waals surface area contributed by atoms with Gasteiger partial charge in [0, 0.05) is 13.1 Å². The summed E-state index contributed by atoms with van der Waals surface area (Å²) < 4.78 is 18.5. The summed E-state index contributed by atoms with van der Waals surface area (Å²) in [6.07, 6.45) is 0.911. The first-order chi connectivity index (χ1) is 9.11. The maximum atomic E-state index is 13.6. The van der Waals surface area contributed by atoms with Gasteiger partial charge in [-0.05, 0) is 37.6 Å². The summed E-state index contributed by atoms with van der Waals surface area (Å²) in [4.78, 5) is 13.9. The second kappa shape index (κ2) is 6.02. The Morgan fingerprint density at radius 1 is 1.53 bits per heavy atom. The van der Waals surface area contributed by atoms with Crippen LogP contribution in [0.5, 0.6) is 5.75 Å². The lowest BCUT2D eigenvalue weighted by molar-refractivity contribution is -0.132. The predicted molar refractivity (Wildman–Crippen MR) is 70.5 cm³/mol. The van der Waals surface area contributed by atoms with E-state index in [1.54, 1.807) is 17.0 Å². The van der Waals surface area contributed by atoms with E-state index in [0.717, 1.165) is 18.5 Å². The zero-order valence-corrected chi connectivity index (χ0v) is 11.3. The van der Waals surface area contributed by atoms with Gasteiger partial charge in [0.05, 0.1) is 13.2 Å². The second-order valence-corrected chi connectivity index (χ2v) is 4.76. The molecule has 2 rings (SSSR count). The predicted octanol–water partition coefficient (Wildman–Crippen LogP) is 1.54. The first-order valence-electron chi connectivity index (χ1n) is 6.46. The van der Waals surface area contributed by atoms with E-state index in [1.807, 2.05) is 6.92 Å². The van der Waals surface area contributed by atoms with E-state index in [9.17, 15) is 9.18 Å². The maximum Gasteiger partial charge on any atom is 0.239 e. The van der Waals surface area contributed by atoms with Crippen molar-refractivity contribution in [2.75, 3.05) is 20.2 Å². The number of carbonyl (C=O) groups is 1. The minimum absolute atomic E-state index is 0.0636. The standard InChI is InChI=1S/C14H19FN2O2/c1-10-14(18)17(7-3-6-16-10)9-11-4-5-13(19-2)12(15)8-11/h4-5,8,10,16H,3,6-7,9H2,1-2H3. The Balaban J connectivity index is 2.11. The van der Waals surface area contributed by atoms with Crippen molar-refractivity contribution in [1.82, 2.24) is 10.2 Å². The molecule has 0 aromatic heterocycles. The molecule has 1 aliphatic rings. The zero-order chi connectivity index (χ0) is 13.8. The van der Waals surface area contributed by atoms with Gasteiger partial charge in [-0.3, -0.25) is 4.79 Å². The number of nitrogens with one attached hydrogen (secondary N) is 1. The van der Waals surface area contributed by atoms with Crippen LogP contribution in [0.3, 0.4) is 0 Å². The normalized spacial score (nSPS) is 20.3. The molecule has 0 spiro atoms. The average Bonchev–Trinajstić information content (AvgIpc) is 2.55. The number of carbonyl (C=O) groups excluding carboxylic acids is 1. The number of amides is 1. The molecule has 0 aliphatic carbocycles. The summed E-state index contributed by atoms with van der Waals surface area (Å²) in [5, 5.41) is 3.15. The van der Waals surface area contributed by atoms with E-state index in [1.165, 1.54) is 13.2 Å². The Morgan fingerprint density at radius 2 is 2.32 bits per heavy atom. The van der Waals surface area contributed by atoms with Gasteiger partial charge in [-0.25, -0.2) is 4.39 Å². The molecular formula is C14H19FN2O2. The van der Waals surface area contributed by atoms with Gasteiger partial charge >= 0.3 is 0 Å². The molecule has 1 aliphatic heterocycles. The molecule has 1 N–H and O–H groups in total. The summed E-state index contributed by atoms with van der Waals surface area (Å²) in [7, 11) is 1.43. The van der Waals surface area contributed by atoms with Gasteiger partial charge in [-0.2, -0.15) is 0 Å². The molecule has 1 amide bonds. The number of halogens is 1. The highest BCUT2D eigenvalue weighted by Gasteiger charge is 2.23. The lowest BCUT2D eigenvalue weighted by Gasteiger charge is -2.22. The van der Waals surface area contributed by atoms with E-state index in [2.05, 4.69) is 5.32 Å². The first-order valence-corrected chi connectivity index (χ1v) is 6.46. The van der Waals surface area contributed by atoms with Crippen LogP contribution in [0.2, 0.25) is 0 Å². The van der Waals surface area contributed by atoms with Crippen molar-refractivity contribution >= 4 is 5.91 Å². The van der Waals surface area contributed by atoms with Gasteiger partial charge in [-0.1, -0.05) is 6.07 Å². The molecule has 19 heavy (non-hydrogen) atoms. The van der Waals surface area contributed by atoms with Crippen LogP contribution >= 0.6 is 0 Å². The molecule has 1 fully saturated rings. The van der Waals surface area contributed by atoms with Crippen LogP contribution in [-0.4, -0.2) is 37.0 Å². The van der Waals surface area contributed by atoms with E-state index in [0.29, 0.717) is 13.1 Å². The van der Waals surface area contributed by atoms with Crippen LogP contribution in [0.25, 0.3) is 0 Å². The Kier molecular flexibility index (Phi) is 4.37. The van der Waals surface area contributed by atoms with Gasteiger partial charge < -0.3 is 15.0 Å². The van der Waals surface area contributed by atoms with Gasteiger partial charge in [0.1, 0.15) is 0 Å². The molecule has 1 atom stereocenters. The summed E-state index contributed by atoms with van der Waals surface area (Å²) in [5.41, 5.74) is 0.778. The number of hydrogen-bond donors (Lipinski definition) is 1. The lowest BCUT2D eigenvalue weighted by Crippen LogP contribution is -2.41. The van der Waals surface area contributed by atoms with Gasteiger partial charge in [-0.15, -0.1) is 0 Å². The van der Waals surface area contributed by atoms with Gasteiger partial charge in [0.15, 0.2) is 11.6 Å². The SMILES string of the molecule is COc1ccc(CN2CCCNC(C)C2=O)cc1F. The maximum absolute atomic E-state index is 13.6. The van der Waals surface area contributed by atoms with Crippen LogP contribution in [0.15, 0.2) is 18.2 Å². The third kappa shape index (κ3) is 3.23. The molecule has 1 aromatic rings. The Bertz CT molecular complexity index is 465. The molecule has 104 valence electrons. The van der Waals surface area contributed by atoms with E-state index in [4.69, 9.17) is 4.74 Å². The number of hydrogen-bond acceptors (Lipinski definition) is 3. The highest BCUT2D eigenvalue weighted by Crippen LogP contribution is 2.19. The van der Waals surface area contributed by atoms with Crippen LogP contribution in [0.4, 0.5) is 4.39 Å². The van der Waals surface area contributed by atoms with Gasteiger partial charge in [0.25, 0.3) is 0 Å². The molecule has 1 unspecified atom stereocenters. The molecule has 1 heterocycles. The highest BCUT2D eigenvalue weighted by atomic mass is 19.1. The number of benzene rings is 1. The van der Waals surface area contributed by atoms with Crippen molar-refractivity contribution < 1.29 is 13.9 Å². The number of ether oxygens (including phenoxy) is 1. The molecule has 1 aromatic carbocycles. The average molecular weight is 266 g/mol. The van der Waals surface area contributed by atoms with Crippen molar-refractivity contribution in [3.63, 3.8) is 0 Å². The molecule has 0 radical (unpaired) electrons. The van der Waals surface area contributed by atoms with Crippen molar-refractivity contribution in [3.8, 4) is 5.75 Å². The number of nitrogens with zero attached hydrogens (tertiary/aromatic N) is 1. The van der Waals surface area contributed by atoms with Crippen molar-refractivity contribution in [2.45, 2.75) is 25.9 Å². The lowest BCUT2D eigenvalue weighted by atomic mass is 10.2. The minimum Gasteiger partial charge on any atom is -0.494 e. The Morgan fingerprint density at radius 3 is 3.00 bits per heavy atom.